The zero-order chi connectivity index (χ0) is 17.0. The zero-order valence-corrected chi connectivity index (χ0v) is 13.1. The first-order chi connectivity index (χ1) is 10.9. The predicted molar refractivity (Wildman–Crippen MR) is 83.9 cm³/mol. The van der Waals surface area contributed by atoms with E-state index in [1.807, 2.05) is 0 Å². The SMILES string of the molecule is CC(C)OC(=O)CCCCn1c(=O)c(=O)[nH]c2ccc(F)cc21. The number of ether oxygens (including phenoxy) is 1. The summed E-state index contributed by atoms with van der Waals surface area (Å²) in [5, 5.41) is 0. The van der Waals surface area contributed by atoms with Crippen molar-refractivity contribution >= 4 is 17.0 Å². The quantitative estimate of drug-likeness (QED) is 0.501. The fraction of sp³-hybridized carbons (Fsp3) is 0.438. The smallest absolute Gasteiger partial charge is 0.316 e. The molecule has 1 heterocycles. The Bertz CT molecular complexity index is 823. The summed E-state index contributed by atoms with van der Waals surface area (Å²) in [6, 6.07) is 3.84. The van der Waals surface area contributed by atoms with Crippen LogP contribution in [0.5, 0.6) is 0 Å². The van der Waals surface area contributed by atoms with Crippen molar-refractivity contribution in [2.75, 3.05) is 0 Å². The average molecular weight is 322 g/mol. The highest BCUT2D eigenvalue weighted by Crippen LogP contribution is 2.11. The van der Waals surface area contributed by atoms with Gasteiger partial charge in [0.1, 0.15) is 5.82 Å². The first-order valence-corrected chi connectivity index (χ1v) is 7.50. The van der Waals surface area contributed by atoms with Crippen LogP contribution in [-0.4, -0.2) is 21.6 Å². The van der Waals surface area contributed by atoms with Crippen molar-refractivity contribution in [1.82, 2.24) is 9.55 Å². The van der Waals surface area contributed by atoms with Gasteiger partial charge in [-0.25, -0.2) is 4.39 Å². The highest BCUT2D eigenvalue weighted by Gasteiger charge is 2.09. The Morgan fingerprint density at radius 1 is 1.30 bits per heavy atom. The molecule has 1 aromatic heterocycles. The van der Waals surface area contributed by atoms with E-state index in [0.717, 1.165) is 0 Å². The number of halogens is 1. The lowest BCUT2D eigenvalue weighted by molar-refractivity contribution is -0.147. The summed E-state index contributed by atoms with van der Waals surface area (Å²) in [4.78, 5) is 37.5. The summed E-state index contributed by atoms with van der Waals surface area (Å²) in [6.45, 7) is 3.78. The second-order valence-electron chi connectivity index (χ2n) is 5.57. The summed E-state index contributed by atoms with van der Waals surface area (Å²) >= 11 is 0. The van der Waals surface area contributed by atoms with Crippen LogP contribution in [0.15, 0.2) is 27.8 Å². The van der Waals surface area contributed by atoms with Gasteiger partial charge in [0.15, 0.2) is 0 Å². The third-order valence-corrected chi connectivity index (χ3v) is 3.32. The second kappa shape index (κ2) is 7.21. The van der Waals surface area contributed by atoms with Crippen LogP contribution in [0.4, 0.5) is 4.39 Å². The van der Waals surface area contributed by atoms with E-state index < -0.39 is 16.9 Å². The van der Waals surface area contributed by atoms with Crippen LogP contribution in [0.2, 0.25) is 0 Å². The van der Waals surface area contributed by atoms with E-state index in [2.05, 4.69) is 4.98 Å². The molecular formula is C16H19FN2O4. The molecule has 0 radical (unpaired) electrons. The van der Waals surface area contributed by atoms with E-state index in [1.54, 1.807) is 13.8 Å². The topological polar surface area (TPSA) is 81.2 Å². The first kappa shape index (κ1) is 16.9. The fourth-order valence-electron chi connectivity index (χ4n) is 2.32. The Morgan fingerprint density at radius 2 is 2.04 bits per heavy atom. The standard InChI is InChI=1S/C16H19FN2O4/c1-10(2)23-14(20)5-3-4-8-19-13-9-11(17)6-7-12(13)18-15(21)16(19)22/h6-7,9-10H,3-5,8H2,1-2H3,(H,18,21). The number of carbonyl (C=O) groups is 1. The lowest BCUT2D eigenvalue weighted by atomic mass is 10.2. The highest BCUT2D eigenvalue weighted by atomic mass is 19.1. The number of unbranched alkanes of at least 4 members (excludes halogenated alkanes) is 1. The molecule has 0 bridgehead atoms. The predicted octanol–water partition coefficient (Wildman–Crippen LogP) is 1.95. The van der Waals surface area contributed by atoms with Crippen LogP contribution in [0.1, 0.15) is 33.1 Å². The number of H-pyrrole nitrogens is 1. The van der Waals surface area contributed by atoms with Gasteiger partial charge < -0.3 is 14.3 Å². The number of hydrogen-bond acceptors (Lipinski definition) is 4. The summed E-state index contributed by atoms with van der Waals surface area (Å²) in [6.07, 6.45) is 1.09. The molecule has 0 amide bonds. The number of nitrogens with zero attached hydrogens (tertiary/aromatic N) is 1. The number of nitrogens with one attached hydrogen (secondary N) is 1. The van der Waals surface area contributed by atoms with Gasteiger partial charge in [0.2, 0.25) is 0 Å². The van der Waals surface area contributed by atoms with Crippen molar-refractivity contribution in [3.05, 3.63) is 44.7 Å². The molecule has 0 saturated carbocycles. The lowest BCUT2D eigenvalue weighted by Crippen LogP contribution is -2.36. The zero-order valence-electron chi connectivity index (χ0n) is 13.1. The molecule has 2 rings (SSSR count). The molecule has 0 aliphatic carbocycles. The minimum absolute atomic E-state index is 0.162. The van der Waals surface area contributed by atoms with E-state index >= 15 is 0 Å². The van der Waals surface area contributed by atoms with Crippen LogP contribution >= 0.6 is 0 Å². The monoisotopic (exact) mass is 322 g/mol. The van der Waals surface area contributed by atoms with Crippen molar-refractivity contribution < 1.29 is 13.9 Å². The van der Waals surface area contributed by atoms with Gasteiger partial charge >= 0.3 is 17.1 Å². The minimum atomic E-state index is -0.747. The molecule has 2 aromatic rings. The third kappa shape index (κ3) is 4.28. The fourth-order valence-corrected chi connectivity index (χ4v) is 2.32. The molecule has 7 heteroatoms. The van der Waals surface area contributed by atoms with Crippen molar-refractivity contribution in [3.8, 4) is 0 Å². The molecule has 6 nitrogen and oxygen atoms in total. The minimum Gasteiger partial charge on any atom is -0.463 e. The lowest BCUT2D eigenvalue weighted by Gasteiger charge is -2.10. The Kier molecular flexibility index (Phi) is 5.31. The van der Waals surface area contributed by atoms with Gasteiger partial charge in [0, 0.05) is 13.0 Å². The summed E-state index contributed by atoms with van der Waals surface area (Å²) < 4.78 is 19.7. The van der Waals surface area contributed by atoms with Gasteiger partial charge in [-0.05, 0) is 44.9 Å². The van der Waals surface area contributed by atoms with Gasteiger partial charge in [-0.3, -0.25) is 14.4 Å². The number of esters is 1. The van der Waals surface area contributed by atoms with E-state index in [9.17, 15) is 18.8 Å². The summed E-state index contributed by atoms with van der Waals surface area (Å²) in [7, 11) is 0. The Hall–Kier alpha value is -2.44. The van der Waals surface area contributed by atoms with Crippen molar-refractivity contribution in [2.45, 2.75) is 45.8 Å². The van der Waals surface area contributed by atoms with Gasteiger partial charge in [-0.2, -0.15) is 0 Å². The average Bonchev–Trinajstić information content (AvgIpc) is 2.47. The molecule has 1 N–H and O–H groups in total. The molecule has 124 valence electrons. The van der Waals surface area contributed by atoms with Gasteiger partial charge in [0.05, 0.1) is 17.1 Å². The van der Waals surface area contributed by atoms with Crippen LogP contribution in [0.3, 0.4) is 0 Å². The number of benzene rings is 1. The molecular weight excluding hydrogens is 303 g/mol. The van der Waals surface area contributed by atoms with Crippen molar-refractivity contribution in [1.29, 1.82) is 0 Å². The van der Waals surface area contributed by atoms with Crippen LogP contribution in [0.25, 0.3) is 11.0 Å². The summed E-state index contributed by atoms with van der Waals surface area (Å²) in [5.41, 5.74) is -0.745. The number of carbonyl (C=O) groups excluding carboxylic acids is 1. The molecule has 0 saturated heterocycles. The number of hydrogen-bond donors (Lipinski definition) is 1. The van der Waals surface area contributed by atoms with Crippen LogP contribution < -0.4 is 11.1 Å². The molecule has 1 aromatic carbocycles. The van der Waals surface area contributed by atoms with E-state index in [4.69, 9.17) is 4.74 Å². The molecule has 0 spiro atoms. The third-order valence-electron chi connectivity index (χ3n) is 3.32. The van der Waals surface area contributed by atoms with E-state index in [1.165, 1.54) is 22.8 Å². The summed E-state index contributed by atoms with van der Waals surface area (Å²) in [5.74, 6) is -0.785. The first-order valence-electron chi connectivity index (χ1n) is 7.50. The maximum absolute atomic E-state index is 13.4. The van der Waals surface area contributed by atoms with Gasteiger partial charge in [0.25, 0.3) is 0 Å². The Balaban J connectivity index is 2.12. The number of aromatic nitrogens is 2. The van der Waals surface area contributed by atoms with Gasteiger partial charge in [-0.15, -0.1) is 0 Å². The maximum Gasteiger partial charge on any atom is 0.316 e. The van der Waals surface area contributed by atoms with E-state index in [0.29, 0.717) is 23.9 Å². The number of aryl methyl sites for hydroxylation is 1. The molecule has 0 aliphatic heterocycles. The number of aromatic amines is 1. The molecule has 0 aliphatic rings. The molecule has 0 fully saturated rings. The Labute approximate surface area is 131 Å². The van der Waals surface area contributed by atoms with Gasteiger partial charge in [-0.1, -0.05) is 0 Å². The number of fused-ring (bicyclic) bond motifs is 1. The Morgan fingerprint density at radius 3 is 2.74 bits per heavy atom. The van der Waals surface area contributed by atoms with Crippen molar-refractivity contribution in [2.24, 2.45) is 0 Å². The van der Waals surface area contributed by atoms with Crippen molar-refractivity contribution in [3.63, 3.8) is 0 Å². The highest BCUT2D eigenvalue weighted by molar-refractivity contribution is 5.74. The van der Waals surface area contributed by atoms with Crippen LogP contribution in [0, 0.1) is 5.82 Å². The molecule has 0 atom stereocenters. The molecule has 23 heavy (non-hydrogen) atoms. The van der Waals surface area contributed by atoms with E-state index in [-0.39, 0.29) is 25.0 Å². The largest absolute Gasteiger partial charge is 0.463 e. The molecule has 0 unspecified atom stereocenters. The number of rotatable bonds is 6. The second-order valence-corrected chi connectivity index (χ2v) is 5.57. The maximum atomic E-state index is 13.4. The van der Waals surface area contributed by atoms with Crippen LogP contribution in [-0.2, 0) is 16.1 Å². The normalized spacial score (nSPS) is 11.1.